The van der Waals surface area contributed by atoms with Crippen molar-refractivity contribution in [1.29, 1.82) is 0 Å². The van der Waals surface area contributed by atoms with Crippen LogP contribution in [0, 0.1) is 0 Å². The molecule has 0 aromatic heterocycles. The number of likely N-dealkylation sites (tertiary alicyclic amines) is 1. The van der Waals surface area contributed by atoms with Crippen molar-refractivity contribution in [1.82, 2.24) is 4.90 Å². The third kappa shape index (κ3) is 4.72. The highest BCUT2D eigenvalue weighted by Crippen LogP contribution is 2.18. The van der Waals surface area contributed by atoms with Crippen LogP contribution in [0.15, 0.2) is 24.3 Å². The topological polar surface area (TPSA) is 50.8 Å². The molecule has 0 radical (unpaired) electrons. The van der Waals surface area contributed by atoms with Crippen LogP contribution in [0.3, 0.4) is 0 Å². The van der Waals surface area contributed by atoms with E-state index in [1.165, 1.54) is 0 Å². The third-order valence-electron chi connectivity index (χ3n) is 3.73. The summed E-state index contributed by atoms with van der Waals surface area (Å²) < 4.78 is 10.6. The number of rotatable bonds is 7. The van der Waals surface area contributed by atoms with E-state index in [0.717, 1.165) is 37.4 Å². The number of methoxy groups -OCH3 is 1. The fraction of sp³-hybridized carbons (Fsp3) is 0.562. The van der Waals surface area contributed by atoms with Gasteiger partial charge in [0, 0.05) is 18.3 Å². The molecule has 1 aromatic carbocycles. The maximum absolute atomic E-state index is 12.1. The van der Waals surface area contributed by atoms with E-state index in [4.69, 9.17) is 9.47 Å². The Balaban J connectivity index is 1.82. The first kappa shape index (κ1) is 15.8. The number of amides is 1. The zero-order chi connectivity index (χ0) is 15.1. The van der Waals surface area contributed by atoms with Crippen LogP contribution in [-0.2, 0) is 9.53 Å². The van der Waals surface area contributed by atoms with Crippen molar-refractivity contribution in [2.45, 2.75) is 25.8 Å². The van der Waals surface area contributed by atoms with E-state index in [-0.39, 0.29) is 5.91 Å². The Kier molecular flexibility index (Phi) is 6.02. The molecule has 1 unspecified atom stereocenters. The summed E-state index contributed by atoms with van der Waals surface area (Å²) in [5.41, 5.74) is 0.793. The molecule has 1 fully saturated rings. The molecule has 0 spiro atoms. The number of carbonyl (C=O) groups is 1. The number of hydrogen-bond donors (Lipinski definition) is 1. The summed E-state index contributed by atoms with van der Waals surface area (Å²) >= 11 is 0. The van der Waals surface area contributed by atoms with E-state index in [1.54, 1.807) is 7.11 Å². The summed E-state index contributed by atoms with van der Waals surface area (Å²) in [6, 6.07) is 7.73. The largest absolute Gasteiger partial charge is 0.497 e. The molecular formula is C16H24N2O3. The average molecular weight is 292 g/mol. The maximum Gasteiger partial charge on any atom is 0.238 e. The number of nitrogens with one attached hydrogen (secondary N) is 1. The predicted molar refractivity (Wildman–Crippen MR) is 82.7 cm³/mol. The fourth-order valence-electron chi connectivity index (χ4n) is 2.61. The molecule has 1 aliphatic rings. The van der Waals surface area contributed by atoms with Gasteiger partial charge in [-0.1, -0.05) is 0 Å². The number of ether oxygens (including phenoxy) is 2. The molecule has 1 amide bonds. The molecule has 0 saturated carbocycles. The van der Waals surface area contributed by atoms with E-state index in [0.29, 0.717) is 19.2 Å². The van der Waals surface area contributed by atoms with Crippen molar-refractivity contribution in [3.8, 4) is 5.75 Å². The number of nitrogens with zero attached hydrogens (tertiary/aromatic N) is 1. The molecule has 0 aliphatic carbocycles. The molecule has 1 N–H and O–H groups in total. The number of anilines is 1. The molecule has 2 rings (SSSR count). The molecule has 1 heterocycles. The minimum atomic E-state index is 0.0172. The van der Waals surface area contributed by atoms with Crippen molar-refractivity contribution in [2.75, 3.05) is 38.7 Å². The van der Waals surface area contributed by atoms with E-state index in [2.05, 4.69) is 10.2 Å². The van der Waals surface area contributed by atoms with Crippen molar-refractivity contribution in [3.63, 3.8) is 0 Å². The van der Waals surface area contributed by atoms with Crippen LogP contribution < -0.4 is 10.1 Å². The SMILES string of the molecule is CCOCC1CCCN1CC(=O)Nc1ccc(OC)cc1. The van der Waals surface area contributed by atoms with Crippen molar-refractivity contribution >= 4 is 11.6 Å². The molecular weight excluding hydrogens is 268 g/mol. The van der Waals surface area contributed by atoms with Gasteiger partial charge in [-0.25, -0.2) is 0 Å². The van der Waals surface area contributed by atoms with Crippen molar-refractivity contribution < 1.29 is 14.3 Å². The van der Waals surface area contributed by atoms with E-state index >= 15 is 0 Å². The van der Waals surface area contributed by atoms with Crippen LogP contribution in [0.2, 0.25) is 0 Å². The number of carbonyl (C=O) groups excluding carboxylic acids is 1. The first-order valence-electron chi connectivity index (χ1n) is 7.48. The van der Waals surface area contributed by atoms with Crippen LogP contribution in [0.1, 0.15) is 19.8 Å². The zero-order valence-corrected chi connectivity index (χ0v) is 12.8. The first-order chi connectivity index (χ1) is 10.2. The quantitative estimate of drug-likeness (QED) is 0.836. The summed E-state index contributed by atoms with van der Waals surface area (Å²) in [6.45, 7) is 4.82. The highest BCUT2D eigenvalue weighted by molar-refractivity contribution is 5.92. The summed E-state index contributed by atoms with van der Waals surface area (Å²) in [5, 5.41) is 2.92. The van der Waals surface area contributed by atoms with Gasteiger partial charge in [-0.2, -0.15) is 0 Å². The molecule has 1 atom stereocenters. The van der Waals surface area contributed by atoms with Gasteiger partial charge in [-0.05, 0) is 50.6 Å². The zero-order valence-electron chi connectivity index (χ0n) is 12.8. The van der Waals surface area contributed by atoms with Crippen molar-refractivity contribution in [3.05, 3.63) is 24.3 Å². The van der Waals surface area contributed by atoms with Crippen LogP contribution >= 0.6 is 0 Å². The van der Waals surface area contributed by atoms with Gasteiger partial charge >= 0.3 is 0 Å². The number of hydrogen-bond acceptors (Lipinski definition) is 4. The normalized spacial score (nSPS) is 18.7. The standard InChI is InChI=1S/C16H24N2O3/c1-3-21-12-14-5-4-10-18(14)11-16(19)17-13-6-8-15(20-2)9-7-13/h6-9,14H,3-5,10-12H2,1-2H3,(H,17,19). The average Bonchev–Trinajstić information content (AvgIpc) is 2.93. The molecule has 21 heavy (non-hydrogen) atoms. The van der Waals surface area contributed by atoms with Gasteiger partial charge < -0.3 is 14.8 Å². The minimum absolute atomic E-state index is 0.0172. The van der Waals surface area contributed by atoms with Crippen LogP contribution in [0.4, 0.5) is 5.69 Å². The van der Waals surface area contributed by atoms with Crippen molar-refractivity contribution in [2.24, 2.45) is 0 Å². The van der Waals surface area contributed by atoms with Gasteiger partial charge in [0.25, 0.3) is 0 Å². The summed E-state index contributed by atoms with van der Waals surface area (Å²) in [5.74, 6) is 0.799. The van der Waals surface area contributed by atoms with Gasteiger partial charge in [0.2, 0.25) is 5.91 Å². The minimum Gasteiger partial charge on any atom is -0.497 e. The van der Waals surface area contributed by atoms with Gasteiger partial charge in [-0.15, -0.1) is 0 Å². The van der Waals surface area contributed by atoms with Gasteiger partial charge in [0.1, 0.15) is 5.75 Å². The molecule has 5 nitrogen and oxygen atoms in total. The Hall–Kier alpha value is -1.59. The smallest absolute Gasteiger partial charge is 0.238 e. The Morgan fingerprint density at radius 3 is 2.81 bits per heavy atom. The first-order valence-corrected chi connectivity index (χ1v) is 7.48. The molecule has 116 valence electrons. The van der Waals surface area contributed by atoms with Gasteiger partial charge in [0.15, 0.2) is 0 Å². The molecule has 1 aromatic rings. The Morgan fingerprint density at radius 1 is 1.38 bits per heavy atom. The van der Waals surface area contributed by atoms with Crippen LogP contribution in [0.25, 0.3) is 0 Å². The second kappa shape index (κ2) is 8.00. The Labute approximate surface area is 126 Å². The lowest BCUT2D eigenvalue weighted by Crippen LogP contribution is -2.39. The summed E-state index contributed by atoms with van der Waals surface area (Å²) in [6.07, 6.45) is 2.24. The molecule has 1 aliphatic heterocycles. The van der Waals surface area contributed by atoms with Crippen LogP contribution in [-0.4, -0.2) is 50.3 Å². The highest BCUT2D eigenvalue weighted by atomic mass is 16.5. The Bertz CT molecular complexity index is 447. The van der Waals surface area contributed by atoms with E-state index in [9.17, 15) is 4.79 Å². The number of benzene rings is 1. The lowest BCUT2D eigenvalue weighted by Gasteiger charge is -2.23. The van der Waals surface area contributed by atoms with E-state index in [1.807, 2.05) is 31.2 Å². The fourth-order valence-corrected chi connectivity index (χ4v) is 2.61. The second-order valence-corrected chi connectivity index (χ2v) is 5.20. The lowest BCUT2D eigenvalue weighted by molar-refractivity contribution is -0.117. The van der Waals surface area contributed by atoms with E-state index < -0.39 is 0 Å². The highest BCUT2D eigenvalue weighted by Gasteiger charge is 2.26. The monoisotopic (exact) mass is 292 g/mol. The predicted octanol–water partition coefficient (Wildman–Crippen LogP) is 2.13. The molecule has 1 saturated heterocycles. The van der Waals surface area contributed by atoms with Gasteiger partial charge in [-0.3, -0.25) is 9.69 Å². The molecule has 0 bridgehead atoms. The van der Waals surface area contributed by atoms with Gasteiger partial charge in [0.05, 0.1) is 20.3 Å². The third-order valence-corrected chi connectivity index (χ3v) is 3.73. The van der Waals surface area contributed by atoms with Crippen LogP contribution in [0.5, 0.6) is 5.75 Å². The second-order valence-electron chi connectivity index (χ2n) is 5.20. The summed E-state index contributed by atoms with van der Waals surface area (Å²) in [4.78, 5) is 14.3. The summed E-state index contributed by atoms with van der Waals surface area (Å²) in [7, 11) is 1.62. The Morgan fingerprint density at radius 2 is 2.14 bits per heavy atom. The molecule has 5 heteroatoms. The maximum atomic E-state index is 12.1. The lowest BCUT2D eigenvalue weighted by atomic mass is 10.2.